The van der Waals surface area contributed by atoms with E-state index in [4.69, 9.17) is 23.2 Å². The lowest BCUT2D eigenvalue weighted by Gasteiger charge is -2.27. The Morgan fingerprint density at radius 2 is 2.00 bits per heavy atom. The van der Waals surface area contributed by atoms with Crippen molar-refractivity contribution in [3.05, 3.63) is 33.8 Å². The molecule has 21 heavy (non-hydrogen) atoms. The Kier molecular flexibility index (Phi) is 5.07. The number of β-amino-alcohol motifs (C(OH)–C–C–N with tert-alkyl or cyclic N) is 1. The van der Waals surface area contributed by atoms with Gasteiger partial charge in [0.05, 0.1) is 6.10 Å². The molecular weight excluding hydrogens is 307 g/mol. The molecule has 2 fully saturated rings. The molecule has 3 rings (SSSR count). The van der Waals surface area contributed by atoms with Crippen molar-refractivity contribution in [3.8, 4) is 0 Å². The zero-order chi connectivity index (χ0) is 14.8. The lowest BCUT2D eigenvalue weighted by Crippen LogP contribution is -2.38. The van der Waals surface area contributed by atoms with Crippen LogP contribution in [0.5, 0.6) is 0 Å². The largest absolute Gasteiger partial charge is 0.387 e. The molecule has 5 heteroatoms. The summed E-state index contributed by atoms with van der Waals surface area (Å²) < 4.78 is 0. The molecule has 2 saturated heterocycles. The molecule has 0 amide bonds. The third-order valence-corrected chi connectivity index (χ3v) is 5.22. The number of rotatable bonds is 3. The summed E-state index contributed by atoms with van der Waals surface area (Å²) in [6.45, 7) is 5.15. The highest BCUT2D eigenvalue weighted by Gasteiger charge is 2.29. The monoisotopic (exact) mass is 328 g/mol. The molecule has 3 nitrogen and oxygen atoms in total. The van der Waals surface area contributed by atoms with E-state index in [1.807, 2.05) is 0 Å². The second kappa shape index (κ2) is 6.84. The Hall–Kier alpha value is -0.320. The Morgan fingerprint density at radius 3 is 2.86 bits per heavy atom. The van der Waals surface area contributed by atoms with Crippen molar-refractivity contribution in [3.63, 3.8) is 0 Å². The smallest absolute Gasteiger partial charge is 0.0931 e. The van der Waals surface area contributed by atoms with Gasteiger partial charge in [-0.25, -0.2) is 0 Å². The molecule has 0 unspecified atom stereocenters. The van der Waals surface area contributed by atoms with Gasteiger partial charge in [0.15, 0.2) is 0 Å². The normalized spacial score (nSPS) is 25.6. The van der Waals surface area contributed by atoms with Gasteiger partial charge in [-0.15, -0.1) is 0 Å². The van der Waals surface area contributed by atoms with Gasteiger partial charge < -0.3 is 5.11 Å². The van der Waals surface area contributed by atoms with Gasteiger partial charge in [-0.05, 0) is 57.1 Å². The van der Waals surface area contributed by atoms with Gasteiger partial charge in [-0.1, -0.05) is 23.2 Å². The molecule has 0 saturated carbocycles. The standard InChI is InChI=1S/C16H22Cl2N2O/c17-12-4-5-15(18)14(9-12)16(21)11-19-6-2-8-20-7-1-3-13(20)10-19/h4-5,9,13,16,21H,1-3,6-8,10-11H2/t13-,16+/m0/s1. The molecule has 0 aliphatic carbocycles. The van der Waals surface area contributed by atoms with E-state index in [9.17, 15) is 5.11 Å². The van der Waals surface area contributed by atoms with E-state index < -0.39 is 6.10 Å². The highest BCUT2D eigenvalue weighted by atomic mass is 35.5. The van der Waals surface area contributed by atoms with E-state index in [-0.39, 0.29) is 0 Å². The Labute approximate surface area is 136 Å². The summed E-state index contributed by atoms with van der Waals surface area (Å²) in [5, 5.41) is 11.7. The fraction of sp³-hybridized carbons (Fsp3) is 0.625. The van der Waals surface area contributed by atoms with Gasteiger partial charge in [-0.3, -0.25) is 9.80 Å². The maximum atomic E-state index is 10.5. The topological polar surface area (TPSA) is 26.7 Å². The van der Waals surface area contributed by atoms with Gasteiger partial charge in [-0.2, -0.15) is 0 Å². The van der Waals surface area contributed by atoms with Crippen molar-refractivity contribution in [1.29, 1.82) is 0 Å². The first-order valence-corrected chi connectivity index (χ1v) is 8.48. The lowest BCUT2D eigenvalue weighted by molar-refractivity contribution is 0.108. The van der Waals surface area contributed by atoms with Crippen LogP contribution < -0.4 is 0 Å². The van der Waals surface area contributed by atoms with Crippen molar-refractivity contribution in [2.75, 3.05) is 32.7 Å². The van der Waals surface area contributed by atoms with Crippen LogP contribution in [0.15, 0.2) is 18.2 Å². The number of benzene rings is 1. The number of aliphatic hydroxyl groups is 1. The van der Waals surface area contributed by atoms with Crippen molar-refractivity contribution < 1.29 is 5.11 Å². The van der Waals surface area contributed by atoms with Crippen LogP contribution in [0.3, 0.4) is 0 Å². The molecule has 2 aliphatic heterocycles. The minimum absolute atomic E-state index is 0.579. The van der Waals surface area contributed by atoms with E-state index in [1.165, 1.54) is 32.4 Å². The Morgan fingerprint density at radius 1 is 1.19 bits per heavy atom. The van der Waals surface area contributed by atoms with Crippen molar-refractivity contribution >= 4 is 23.2 Å². The number of hydrogen-bond acceptors (Lipinski definition) is 3. The van der Waals surface area contributed by atoms with Gasteiger partial charge in [0.1, 0.15) is 0 Å². The predicted molar refractivity (Wildman–Crippen MR) is 87.1 cm³/mol. The van der Waals surface area contributed by atoms with Gasteiger partial charge >= 0.3 is 0 Å². The summed E-state index contributed by atoms with van der Waals surface area (Å²) in [4.78, 5) is 4.97. The van der Waals surface area contributed by atoms with Crippen LogP contribution in [0.2, 0.25) is 10.0 Å². The summed E-state index contributed by atoms with van der Waals surface area (Å²) >= 11 is 12.2. The molecule has 2 heterocycles. The van der Waals surface area contributed by atoms with E-state index in [0.29, 0.717) is 22.6 Å². The van der Waals surface area contributed by atoms with Crippen molar-refractivity contribution in [2.45, 2.75) is 31.4 Å². The minimum atomic E-state index is -0.579. The molecule has 1 aromatic rings. The highest BCUT2D eigenvalue weighted by molar-refractivity contribution is 6.33. The fourth-order valence-electron chi connectivity index (χ4n) is 3.56. The zero-order valence-electron chi connectivity index (χ0n) is 12.1. The molecule has 0 spiro atoms. The summed E-state index contributed by atoms with van der Waals surface area (Å²) in [5.41, 5.74) is 0.733. The van der Waals surface area contributed by atoms with Crippen LogP contribution in [-0.2, 0) is 0 Å². The molecule has 1 N–H and O–H groups in total. The zero-order valence-corrected chi connectivity index (χ0v) is 13.7. The van der Waals surface area contributed by atoms with Crippen LogP contribution in [0.4, 0.5) is 0 Å². The average Bonchev–Trinajstić information content (AvgIpc) is 2.80. The minimum Gasteiger partial charge on any atom is -0.387 e. The summed E-state index contributed by atoms with van der Waals surface area (Å²) in [7, 11) is 0. The first-order chi connectivity index (χ1) is 10.1. The number of halogens is 2. The molecule has 2 aliphatic rings. The lowest BCUT2D eigenvalue weighted by atomic mass is 10.1. The van der Waals surface area contributed by atoms with E-state index in [2.05, 4.69) is 9.80 Å². The summed E-state index contributed by atoms with van der Waals surface area (Å²) in [6.07, 6.45) is 3.18. The average molecular weight is 329 g/mol. The molecule has 0 radical (unpaired) electrons. The van der Waals surface area contributed by atoms with E-state index in [1.54, 1.807) is 18.2 Å². The molecule has 116 valence electrons. The molecular formula is C16H22Cl2N2O. The van der Waals surface area contributed by atoms with Crippen LogP contribution in [-0.4, -0.2) is 53.7 Å². The Bertz CT molecular complexity index is 497. The van der Waals surface area contributed by atoms with Crippen LogP contribution in [0.25, 0.3) is 0 Å². The van der Waals surface area contributed by atoms with Crippen LogP contribution in [0.1, 0.15) is 30.9 Å². The maximum absolute atomic E-state index is 10.5. The fourth-order valence-corrected chi connectivity index (χ4v) is 3.99. The quantitative estimate of drug-likeness (QED) is 0.923. The second-order valence-electron chi connectivity index (χ2n) is 6.13. The summed E-state index contributed by atoms with van der Waals surface area (Å²) in [6, 6.07) is 5.94. The highest BCUT2D eigenvalue weighted by Crippen LogP contribution is 2.28. The molecule has 1 aromatic carbocycles. The molecule has 0 bridgehead atoms. The van der Waals surface area contributed by atoms with E-state index in [0.717, 1.165) is 18.7 Å². The number of nitrogens with zero attached hydrogens (tertiary/aromatic N) is 2. The van der Waals surface area contributed by atoms with Gasteiger partial charge in [0.25, 0.3) is 0 Å². The SMILES string of the molecule is O[C@H](CN1CCCN2CCC[C@H]2C1)c1cc(Cl)ccc1Cl. The van der Waals surface area contributed by atoms with Crippen molar-refractivity contribution in [2.24, 2.45) is 0 Å². The molecule has 2 atom stereocenters. The second-order valence-corrected chi connectivity index (χ2v) is 6.97. The predicted octanol–water partition coefficient (Wildman–Crippen LogP) is 3.20. The molecule has 0 aromatic heterocycles. The Balaban J connectivity index is 1.66. The van der Waals surface area contributed by atoms with Crippen LogP contribution in [0, 0.1) is 0 Å². The number of hydrogen-bond donors (Lipinski definition) is 1. The van der Waals surface area contributed by atoms with Crippen molar-refractivity contribution in [1.82, 2.24) is 9.80 Å². The first-order valence-electron chi connectivity index (χ1n) is 7.73. The van der Waals surface area contributed by atoms with Gasteiger partial charge in [0.2, 0.25) is 0 Å². The first kappa shape index (κ1) is 15.6. The summed E-state index contributed by atoms with van der Waals surface area (Å²) in [5.74, 6) is 0. The van der Waals surface area contributed by atoms with Gasteiger partial charge in [0, 0.05) is 34.7 Å². The third kappa shape index (κ3) is 3.72. The van der Waals surface area contributed by atoms with E-state index >= 15 is 0 Å². The maximum Gasteiger partial charge on any atom is 0.0931 e. The number of aliphatic hydroxyl groups excluding tert-OH is 1. The number of fused-ring (bicyclic) bond motifs is 1. The van der Waals surface area contributed by atoms with Crippen LogP contribution >= 0.6 is 23.2 Å². The third-order valence-electron chi connectivity index (χ3n) is 4.64.